The van der Waals surface area contributed by atoms with E-state index in [1.165, 1.54) is 12.7 Å². The molecule has 0 amide bonds. The van der Waals surface area contributed by atoms with Crippen molar-refractivity contribution in [1.29, 1.82) is 0 Å². The van der Waals surface area contributed by atoms with Gasteiger partial charge in [0.05, 0.1) is 6.26 Å². The summed E-state index contributed by atoms with van der Waals surface area (Å²) in [5.74, 6) is 0. The van der Waals surface area contributed by atoms with Gasteiger partial charge in [0.2, 0.25) is 10.0 Å². The number of hydrogen-bond donors (Lipinski definition) is 0. The van der Waals surface area contributed by atoms with Gasteiger partial charge in [-0.3, -0.25) is 0 Å². The average Bonchev–Trinajstić information content (AvgIpc) is 1.76. The lowest BCUT2D eigenvalue weighted by molar-refractivity contribution is 0.172. The molecule has 3 nitrogen and oxygen atoms in total. The van der Waals surface area contributed by atoms with Gasteiger partial charge in [0.15, 0.2) is 0 Å². The maximum Gasteiger partial charge on any atom is 0.211 e. The minimum Gasteiger partial charge on any atom is -0.212 e. The Kier molecular flexibility index (Phi) is 3.26. The normalized spacial score (nSPS) is 19.8. The molecule has 14 heavy (non-hydrogen) atoms. The molecule has 1 aliphatic carbocycles. The molecule has 0 radical (unpaired) electrons. The van der Waals surface area contributed by atoms with Crippen molar-refractivity contribution in [3.63, 3.8) is 0 Å². The molecular weight excluding hydrogens is 198 g/mol. The van der Waals surface area contributed by atoms with Crippen LogP contribution in [0.25, 0.3) is 0 Å². The van der Waals surface area contributed by atoms with Crippen molar-refractivity contribution < 1.29 is 8.42 Å². The minimum absolute atomic E-state index is 0.0403. The van der Waals surface area contributed by atoms with Crippen molar-refractivity contribution in [3.8, 4) is 0 Å². The lowest BCUT2D eigenvalue weighted by Crippen LogP contribution is -2.47. The molecule has 1 saturated carbocycles. The molecule has 0 bridgehead atoms. The van der Waals surface area contributed by atoms with Crippen LogP contribution in [0.15, 0.2) is 0 Å². The van der Waals surface area contributed by atoms with E-state index in [0.29, 0.717) is 6.54 Å². The Hall–Kier alpha value is -0.0900. The third kappa shape index (κ3) is 3.24. The third-order valence-corrected chi connectivity index (χ3v) is 3.82. The van der Waals surface area contributed by atoms with Crippen molar-refractivity contribution >= 4 is 10.0 Å². The van der Waals surface area contributed by atoms with E-state index in [4.69, 9.17) is 0 Å². The van der Waals surface area contributed by atoms with Gasteiger partial charge < -0.3 is 0 Å². The van der Waals surface area contributed by atoms with Gasteiger partial charge in [0, 0.05) is 12.6 Å². The van der Waals surface area contributed by atoms with Gasteiger partial charge in [-0.25, -0.2) is 8.42 Å². The van der Waals surface area contributed by atoms with Gasteiger partial charge in [-0.15, -0.1) is 0 Å². The molecule has 0 unspecified atom stereocenters. The largest absolute Gasteiger partial charge is 0.212 e. The van der Waals surface area contributed by atoms with Crippen molar-refractivity contribution in [1.82, 2.24) is 4.31 Å². The Balaban J connectivity index is 2.72. The van der Waals surface area contributed by atoms with E-state index in [-0.39, 0.29) is 11.5 Å². The average molecular weight is 219 g/mol. The molecule has 0 heterocycles. The minimum atomic E-state index is -3.02. The fourth-order valence-corrected chi connectivity index (χ4v) is 3.03. The van der Waals surface area contributed by atoms with E-state index >= 15 is 0 Å². The van der Waals surface area contributed by atoms with Gasteiger partial charge in [0.1, 0.15) is 0 Å². The molecule has 0 aromatic rings. The van der Waals surface area contributed by atoms with Crippen LogP contribution >= 0.6 is 0 Å². The predicted molar refractivity (Wildman–Crippen MR) is 58.6 cm³/mol. The van der Waals surface area contributed by atoms with Crippen molar-refractivity contribution in [2.75, 3.05) is 12.8 Å². The Labute approximate surface area is 87.5 Å². The SMILES string of the molecule is CC(C)(C)CN(C1CCC1)S(C)(=O)=O. The van der Waals surface area contributed by atoms with Crippen LogP contribution in [0.1, 0.15) is 40.0 Å². The van der Waals surface area contributed by atoms with Crippen LogP contribution < -0.4 is 0 Å². The van der Waals surface area contributed by atoms with E-state index in [9.17, 15) is 8.42 Å². The second-order valence-corrected chi connectivity index (χ2v) is 7.39. The van der Waals surface area contributed by atoms with E-state index in [0.717, 1.165) is 12.8 Å². The summed E-state index contributed by atoms with van der Waals surface area (Å²) in [6.07, 6.45) is 4.55. The van der Waals surface area contributed by atoms with Crippen LogP contribution in [-0.4, -0.2) is 31.6 Å². The summed E-state index contributed by atoms with van der Waals surface area (Å²) in [5, 5.41) is 0. The lowest BCUT2D eigenvalue weighted by atomic mass is 9.90. The maximum atomic E-state index is 11.6. The van der Waals surface area contributed by atoms with Gasteiger partial charge in [-0.1, -0.05) is 27.2 Å². The summed E-state index contributed by atoms with van der Waals surface area (Å²) in [5.41, 5.74) is 0.0403. The molecule has 0 aliphatic heterocycles. The third-order valence-electron chi connectivity index (χ3n) is 2.54. The Bertz CT molecular complexity index is 286. The van der Waals surface area contributed by atoms with Gasteiger partial charge in [-0.05, 0) is 18.3 Å². The molecule has 0 N–H and O–H groups in total. The van der Waals surface area contributed by atoms with Crippen LogP contribution in [0.4, 0.5) is 0 Å². The highest BCUT2D eigenvalue weighted by atomic mass is 32.2. The quantitative estimate of drug-likeness (QED) is 0.726. The van der Waals surface area contributed by atoms with Crippen LogP contribution in [-0.2, 0) is 10.0 Å². The zero-order chi connectivity index (χ0) is 11.0. The van der Waals surface area contributed by atoms with Gasteiger partial charge in [0.25, 0.3) is 0 Å². The van der Waals surface area contributed by atoms with Crippen molar-refractivity contribution in [2.45, 2.75) is 46.1 Å². The highest BCUT2D eigenvalue weighted by molar-refractivity contribution is 7.88. The number of hydrogen-bond acceptors (Lipinski definition) is 2. The fraction of sp³-hybridized carbons (Fsp3) is 1.00. The number of nitrogens with zero attached hydrogens (tertiary/aromatic N) is 1. The number of rotatable bonds is 3. The fourth-order valence-electron chi connectivity index (χ4n) is 1.66. The molecule has 0 aromatic heterocycles. The van der Waals surface area contributed by atoms with Crippen LogP contribution in [0.2, 0.25) is 0 Å². The molecule has 0 saturated heterocycles. The summed E-state index contributed by atoms with van der Waals surface area (Å²) < 4.78 is 24.8. The van der Waals surface area contributed by atoms with Crippen molar-refractivity contribution in [2.24, 2.45) is 5.41 Å². The second-order valence-electron chi connectivity index (χ2n) is 5.45. The standard InChI is InChI=1S/C10H21NO2S/c1-10(2,3)8-11(14(4,12)13)9-6-5-7-9/h9H,5-8H2,1-4H3. The lowest BCUT2D eigenvalue weighted by Gasteiger charge is -2.39. The molecule has 0 atom stereocenters. The van der Waals surface area contributed by atoms with Crippen LogP contribution in [0.3, 0.4) is 0 Å². The first kappa shape index (κ1) is 12.0. The maximum absolute atomic E-state index is 11.6. The molecule has 0 spiro atoms. The molecule has 84 valence electrons. The Morgan fingerprint density at radius 1 is 1.29 bits per heavy atom. The Morgan fingerprint density at radius 3 is 2.00 bits per heavy atom. The van der Waals surface area contributed by atoms with Gasteiger partial charge >= 0.3 is 0 Å². The highest BCUT2D eigenvalue weighted by Gasteiger charge is 2.33. The topological polar surface area (TPSA) is 37.4 Å². The first-order valence-electron chi connectivity index (χ1n) is 5.17. The summed E-state index contributed by atoms with van der Waals surface area (Å²) in [7, 11) is -3.02. The second kappa shape index (κ2) is 3.81. The summed E-state index contributed by atoms with van der Waals surface area (Å²) >= 11 is 0. The molecule has 1 aliphatic rings. The smallest absolute Gasteiger partial charge is 0.211 e. The highest BCUT2D eigenvalue weighted by Crippen LogP contribution is 2.29. The first-order chi connectivity index (χ1) is 6.20. The van der Waals surface area contributed by atoms with E-state index in [1.54, 1.807) is 4.31 Å². The van der Waals surface area contributed by atoms with E-state index in [2.05, 4.69) is 20.8 Å². The monoisotopic (exact) mass is 219 g/mol. The number of sulfonamides is 1. The zero-order valence-corrected chi connectivity index (χ0v) is 10.4. The van der Waals surface area contributed by atoms with E-state index < -0.39 is 10.0 Å². The van der Waals surface area contributed by atoms with Crippen LogP contribution in [0, 0.1) is 5.41 Å². The summed E-state index contributed by atoms with van der Waals surface area (Å²) in [4.78, 5) is 0. The summed E-state index contributed by atoms with van der Waals surface area (Å²) in [6.45, 7) is 6.86. The molecule has 1 rings (SSSR count). The van der Waals surface area contributed by atoms with Gasteiger partial charge in [-0.2, -0.15) is 4.31 Å². The molecular formula is C10H21NO2S. The van der Waals surface area contributed by atoms with Crippen LogP contribution in [0.5, 0.6) is 0 Å². The molecule has 4 heteroatoms. The van der Waals surface area contributed by atoms with E-state index in [1.807, 2.05) is 0 Å². The predicted octanol–water partition coefficient (Wildman–Crippen LogP) is 1.85. The zero-order valence-electron chi connectivity index (χ0n) is 9.58. The first-order valence-corrected chi connectivity index (χ1v) is 7.02. The molecule has 1 fully saturated rings. The molecule has 0 aromatic carbocycles. The van der Waals surface area contributed by atoms with Crippen molar-refractivity contribution in [3.05, 3.63) is 0 Å². The Morgan fingerprint density at radius 2 is 1.79 bits per heavy atom. The summed E-state index contributed by atoms with van der Waals surface area (Å²) in [6, 6.07) is 0.268.